The molecule has 1 aromatic carbocycles. The van der Waals surface area contributed by atoms with Gasteiger partial charge in [-0.25, -0.2) is 4.98 Å². The van der Waals surface area contributed by atoms with Crippen molar-refractivity contribution in [1.82, 2.24) is 4.98 Å². The minimum Gasteiger partial charge on any atom is -0.441 e. The maximum Gasteiger partial charge on any atom is 0.192 e. The van der Waals surface area contributed by atoms with Gasteiger partial charge < -0.3 is 4.42 Å². The van der Waals surface area contributed by atoms with Gasteiger partial charge >= 0.3 is 0 Å². The quantitative estimate of drug-likeness (QED) is 0.248. The van der Waals surface area contributed by atoms with Gasteiger partial charge in [0.2, 0.25) is 0 Å². The Kier molecular flexibility index (Phi) is 9.81. The summed E-state index contributed by atoms with van der Waals surface area (Å²) < 4.78 is 5.52. The molecule has 0 radical (unpaired) electrons. The van der Waals surface area contributed by atoms with Crippen LogP contribution in [-0.2, 0) is 11.2 Å². The minimum atomic E-state index is 0.303. The number of Topliss-reactive ketones (excluding diaryl/α,β-unsaturated/α-hetero) is 1. The molecule has 2 rings (SSSR count). The fourth-order valence-corrected chi connectivity index (χ4v) is 3.60. The Morgan fingerprint density at radius 2 is 1.80 bits per heavy atom. The fraction of sp³-hybridized carbons (Fsp3) is 0.630. The van der Waals surface area contributed by atoms with Crippen molar-refractivity contribution in [2.45, 2.75) is 98.8 Å². The lowest BCUT2D eigenvalue weighted by molar-refractivity contribution is -0.119. The normalized spacial score (nSPS) is 13.4. The molecule has 0 saturated heterocycles. The number of oxazole rings is 1. The molecule has 30 heavy (non-hydrogen) atoms. The number of carbonyl (C=O) groups excluding carboxylic acids is 1. The maximum atomic E-state index is 12.1. The van der Waals surface area contributed by atoms with Gasteiger partial charge in [-0.15, -0.1) is 0 Å². The Bertz CT molecular complexity index is 810. The van der Waals surface area contributed by atoms with Gasteiger partial charge in [-0.05, 0) is 67.6 Å². The van der Waals surface area contributed by atoms with Crippen LogP contribution in [0.5, 0.6) is 0 Å². The molecule has 1 atom stereocenters. The van der Waals surface area contributed by atoms with Crippen LogP contribution in [0.2, 0.25) is 0 Å². The highest BCUT2D eigenvalue weighted by molar-refractivity contribution is 5.78. The monoisotopic (exact) mass is 411 g/mol. The number of allylic oxidation sites excluding steroid dienone is 2. The molecule has 0 N–H and O–H groups in total. The third-order valence-electron chi connectivity index (χ3n) is 6.24. The molecule has 0 saturated carbocycles. The smallest absolute Gasteiger partial charge is 0.192 e. The zero-order valence-corrected chi connectivity index (χ0v) is 19.8. The largest absolute Gasteiger partial charge is 0.441 e. The topological polar surface area (TPSA) is 43.1 Å². The number of nitrogens with zero attached hydrogens (tertiary/aromatic N) is 1. The lowest BCUT2D eigenvalue weighted by Gasteiger charge is -2.26. The van der Waals surface area contributed by atoms with E-state index in [4.69, 9.17) is 4.42 Å². The highest BCUT2D eigenvalue weighted by Gasteiger charge is 2.20. The molecular formula is C27H41NO2. The van der Waals surface area contributed by atoms with Crippen LogP contribution in [0.3, 0.4) is 0 Å². The molecule has 1 heterocycles. The van der Waals surface area contributed by atoms with E-state index in [1.165, 1.54) is 24.8 Å². The van der Waals surface area contributed by atoms with Crippen LogP contribution >= 0.6 is 0 Å². The summed E-state index contributed by atoms with van der Waals surface area (Å²) in [5, 5.41) is 0. The van der Waals surface area contributed by atoms with Crippen molar-refractivity contribution >= 4 is 16.9 Å². The molecule has 0 bridgehead atoms. The number of aromatic nitrogens is 1. The number of aryl methyl sites for hydroxylation is 2. The summed E-state index contributed by atoms with van der Waals surface area (Å²) in [4.78, 5) is 16.5. The van der Waals surface area contributed by atoms with Gasteiger partial charge in [0.25, 0.3) is 0 Å². The van der Waals surface area contributed by atoms with Crippen LogP contribution in [-0.4, -0.2) is 10.8 Å². The second-order valence-electron chi connectivity index (χ2n) is 9.84. The van der Waals surface area contributed by atoms with E-state index in [0.717, 1.165) is 61.9 Å². The summed E-state index contributed by atoms with van der Waals surface area (Å²) in [5.41, 5.74) is 3.43. The molecule has 0 aliphatic heterocycles. The Morgan fingerprint density at radius 1 is 1.07 bits per heavy atom. The van der Waals surface area contributed by atoms with E-state index in [1.54, 1.807) is 0 Å². The van der Waals surface area contributed by atoms with E-state index in [2.05, 4.69) is 57.0 Å². The van der Waals surface area contributed by atoms with Gasteiger partial charge in [0.15, 0.2) is 11.5 Å². The summed E-state index contributed by atoms with van der Waals surface area (Å²) in [6.07, 6.45) is 15.0. The van der Waals surface area contributed by atoms with E-state index >= 15 is 0 Å². The van der Waals surface area contributed by atoms with Crippen LogP contribution < -0.4 is 0 Å². The van der Waals surface area contributed by atoms with Crippen LogP contribution in [0, 0.1) is 18.3 Å². The summed E-state index contributed by atoms with van der Waals surface area (Å²) in [6.45, 7) is 10.9. The van der Waals surface area contributed by atoms with Gasteiger partial charge in [0.05, 0.1) is 0 Å². The van der Waals surface area contributed by atoms with Gasteiger partial charge in [-0.2, -0.15) is 0 Å². The molecule has 2 aromatic rings. The number of ketones is 1. The van der Waals surface area contributed by atoms with Crippen molar-refractivity contribution in [2.24, 2.45) is 11.3 Å². The van der Waals surface area contributed by atoms with Crippen LogP contribution in [0.15, 0.2) is 34.8 Å². The lowest BCUT2D eigenvalue weighted by Crippen LogP contribution is -2.18. The number of hydrogen-bond donors (Lipinski definition) is 0. The summed E-state index contributed by atoms with van der Waals surface area (Å²) in [5.74, 6) is 1.77. The molecule has 3 nitrogen and oxygen atoms in total. The van der Waals surface area contributed by atoms with E-state index in [-0.39, 0.29) is 0 Å². The molecule has 0 aliphatic carbocycles. The molecular weight excluding hydrogens is 370 g/mol. The van der Waals surface area contributed by atoms with Gasteiger partial charge in [0.1, 0.15) is 11.3 Å². The number of fused-ring (bicyclic) bond motifs is 1. The molecule has 0 amide bonds. The van der Waals surface area contributed by atoms with Gasteiger partial charge in [0, 0.05) is 19.8 Å². The van der Waals surface area contributed by atoms with Crippen molar-refractivity contribution in [3.8, 4) is 0 Å². The maximum absolute atomic E-state index is 12.1. The van der Waals surface area contributed by atoms with Crippen molar-refractivity contribution in [3.05, 3.63) is 41.8 Å². The first-order valence-electron chi connectivity index (χ1n) is 11.8. The van der Waals surface area contributed by atoms with Crippen LogP contribution in [0.4, 0.5) is 0 Å². The molecule has 0 fully saturated rings. The second-order valence-corrected chi connectivity index (χ2v) is 9.84. The third kappa shape index (κ3) is 8.85. The first-order valence-corrected chi connectivity index (χ1v) is 11.8. The molecule has 0 aliphatic rings. The number of hydrogen-bond acceptors (Lipinski definition) is 3. The Morgan fingerprint density at radius 3 is 2.57 bits per heavy atom. The van der Waals surface area contributed by atoms with E-state index < -0.39 is 0 Å². The van der Waals surface area contributed by atoms with Crippen molar-refractivity contribution in [2.75, 3.05) is 0 Å². The molecule has 1 aromatic heterocycles. The van der Waals surface area contributed by atoms with Gasteiger partial charge in [-0.3, -0.25) is 4.79 Å². The lowest BCUT2D eigenvalue weighted by atomic mass is 9.79. The van der Waals surface area contributed by atoms with E-state index in [9.17, 15) is 4.79 Å². The Hall–Kier alpha value is -1.90. The summed E-state index contributed by atoms with van der Waals surface area (Å²) >= 11 is 0. The number of carbonyl (C=O) groups is 1. The number of unbranched alkanes of at least 4 members (excludes halogenated alkanes) is 4. The first-order chi connectivity index (χ1) is 14.3. The summed E-state index contributed by atoms with van der Waals surface area (Å²) in [6, 6.07) is 6.28. The van der Waals surface area contributed by atoms with E-state index in [1.807, 2.05) is 13.0 Å². The minimum absolute atomic E-state index is 0.303. The Labute approximate surface area is 183 Å². The predicted octanol–water partition coefficient (Wildman–Crippen LogP) is 8.00. The van der Waals surface area contributed by atoms with Crippen molar-refractivity contribution in [3.63, 3.8) is 0 Å². The van der Waals surface area contributed by atoms with Crippen LogP contribution in [0.1, 0.15) is 96.9 Å². The first kappa shape index (κ1) is 24.4. The molecule has 1 unspecified atom stereocenters. The van der Waals surface area contributed by atoms with E-state index in [0.29, 0.717) is 17.1 Å². The SMILES string of the molecule is Cc1nc2cc(CCC=CCCCCCCC(=O)CCC(C)C(C)(C)C)ccc2o1. The molecule has 0 spiro atoms. The average molecular weight is 412 g/mol. The zero-order valence-electron chi connectivity index (χ0n) is 19.8. The summed E-state index contributed by atoms with van der Waals surface area (Å²) in [7, 11) is 0. The van der Waals surface area contributed by atoms with Gasteiger partial charge in [-0.1, -0.05) is 58.8 Å². The average Bonchev–Trinajstić information content (AvgIpc) is 3.06. The van der Waals surface area contributed by atoms with Crippen molar-refractivity contribution < 1.29 is 9.21 Å². The number of benzene rings is 1. The second kappa shape index (κ2) is 12.1. The van der Waals surface area contributed by atoms with Crippen molar-refractivity contribution in [1.29, 1.82) is 0 Å². The van der Waals surface area contributed by atoms with Crippen LogP contribution in [0.25, 0.3) is 11.1 Å². The standard InChI is InChI=1S/C27H41NO2/c1-21(27(3,4)5)16-18-24(29)15-13-11-9-7-6-8-10-12-14-23-17-19-26-25(20-23)28-22(2)30-26/h8,10,17,19-21H,6-7,9,11-16,18H2,1-5H3. The molecule has 3 heteroatoms. The highest BCUT2D eigenvalue weighted by atomic mass is 16.3. The Balaban J connectivity index is 1.48. The zero-order chi connectivity index (χ0) is 22.0. The fourth-order valence-electron chi connectivity index (χ4n) is 3.60. The predicted molar refractivity (Wildman–Crippen MR) is 127 cm³/mol. The molecule has 166 valence electrons. The highest BCUT2D eigenvalue weighted by Crippen LogP contribution is 2.29. The third-order valence-corrected chi connectivity index (χ3v) is 6.24. The number of rotatable bonds is 13.